The molecule has 0 bridgehead atoms. The minimum absolute atomic E-state index is 0.254. The van der Waals surface area contributed by atoms with E-state index in [0.29, 0.717) is 5.92 Å². The first-order chi connectivity index (χ1) is 9.82. The van der Waals surface area contributed by atoms with Gasteiger partial charge in [0.1, 0.15) is 12.0 Å². The molecular weight excluding hydrogens is 308 g/mol. The van der Waals surface area contributed by atoms with Crippen LogP contribution in [-0.2, 0) is 13.6 Å². The molecule has 22 heavy (non-hydrogen) atoms. The van der Waals surface area contributed by atoms with Crippen molar-refractivity contribution in [2.75, 3.05) is 6.61 Å². The molecule has 3 nitrogen and oxygen atoms in total. The van der Waals surface area contributed by atoms with E-state index < -0.39 is 16.6 Å². The van der Waals surface area contributed by atoms with Crippen LogP contribution in [0.2, 0.25) is 37.8 Å². The fraction of sp³-hybridized carbons (Fsp3) is 0.882. The lowest BCUT2D eigenvalue weighted by Gasteiger charge is -2.39. The quantitative estimate of drug-likeness (QED) is 0.594. The average Bonchev–Trinajstić information content (AvgIpc) is 2.27. The number of allylic oxidation sites excluding steroid dienone is 1. The third-order valence-corrected chi connectivity index (χ3v) is 9.98. The Bertz CT molecular complexity index is 392. The van der Waals surface area contributed by atoms with E-state index in [9.17, 15) is 0 Å². The second-order valence-corrected chi connectivity index (χ2v) is 18.2. The van der Waals surface area contributed by atoms with Crippen molar-refractivity contribution in [2.45, 2.75) is 84.4 Å². The van der Waals surface area contributed by atoms with Crippen molar-refractivity contribution in [3.05, 3.63) is 12.0 Å². The minimum Gasteiger partial charge on any atom is -0.545 e. The first-order valence-corrected chi connectivity index (χ1v) is 14.8. The number of hydrogen-bond donors (Lipinski definition) is 0. The van der Waals surface area contributed by atoms with Crippen molar-refractivity contribution in [2.24, 2.45) is 5.92 Å². The van der Waals surface area contributed by atoms with Gasteiger partial charge in [0.15, 0.2) is 8.32 Å². The highest BCUT2D eigenvalue weighted by Gasteiger charge is 2.39. The fourth-order valence-corrected chi connectivity index (χ4v) is 4.79. The number of ether oxygens (including phenoxy) is 1. The van der Waals surface area contributed by atoms with E-state index in [0.717, 1.165) is 25.2 Å². The summed E-state index contributed by atoms with van der Waals surface area (Å²) in [6, 6.07) is 0. The molecule has 0 aromatic carbocycles. The maximum absolute atomic E-state index is 6.51. The first-order valence-electron chi connectivity index (χ1n) is 8.50. The van der Waals surface area contributed by atoms with E-state index in [1.807, 2.05) is 6.26 Å². The summed E-state index contributed by atoms with van der Waals surface area (Å²) in [5.74, 6) is 1.47. The van der Waals surface area contributed by atoms with Crippen LogP contribution in [0.5, 0.6) is 0 Å². The van der Waals surface area contributed by atoms with Gasteiger partial charge in [0, 0.05) is 12.0 Å². The largest absolute Gasteiger partial charge is 0.545 e. The van der Waals surface area contributed by atoms with Crippen molar-refractivity contribution in [3.63, 3.8) is 0 Å². The van der Waals surface area contributed by atoms with Crippen molar-refractivity contribution < 1.29 is 13.6 Å². The van der Waals surface area contributed by atoms with Crippen LogP contribution in [-0.4, -0.2) is 29.3 Å². The highest BCUT2D eigenvalue weighted by Crippen LogP contribution is 2.38. The Morgan fingerprint density at radius 1 is 1.23 bits per heavy atom. The molecule has 0 radical (unpaired) electrons. The molecule has 0 aromatic heterocycles. The zero-order valence-corrected chi connectivity index (χ0v) is 18.1. The Morgan fingerprint density at radius 3 is 2.32 bits per heavy atom. The summed E-state index contributed by atoms with van der Waals surface area (Å²) in [6.45, 7) is 21.2. The van der Waals surface area contributed by atoms with Gasteiger partial charge >= 0.3 is 0 Å². The second-order valence-electron chi connectivity index (χ2n) is 9.02. The molecule has 1 rings (SSSR count). The standard InChI is InChI=1S/C17H36O3Si2/c1-14(19-22(8,9)17(2,3)4)12-15-10-11-18-13-16(15)20-21(5,6)7/h13-15H,10-12H2,1-9H3/t14-,15?/m0/s1. The Hall–Kier alpha value is -0.266. The molecule has 1 aliphatic heterocycles. The van der Waals surface area contributed by atoms with Crippen LogP contribution in [0.4, 0.5) is 0 Å². The highest BCUT2D eigenvalue weighted by atomic mass is 28.4. The van der Waals surface area contributed by atoms with E-state index in [1.165, 1.54) is 0 Å². The van der Waals surface area contributed by atoms with Crippen molar-refractivity contribution >= 4 is 16.6 Å². The topological polar surface area (TPSA) is 27.7 Å². The maximum atomic E-state index is 6.51. The van der Waals surface area contributed by atoms with Crippen LogP contribution in [0.15, 0.2) is 12.0 Å². The molecule has 0 saturated heterocycles. The zero-order valence-electron chi connectivity index (χ0n) is 16.1. The Morgan fingerprint density at radius 2 is 1.82 bits per heavy atom. The summed E-state index contributed by atoms with van der Waals surface area (Å²) in [6.07, 6.45) is 4.15. The molecule has 2 atom stereocenters. The summed E-state index contributed by atoms with van der Waals surface area (Å²) >= 11 is 0. The average molecular weight is 345 g/mol. The zero-order chi connectivity index (χ0) is 17.2. The van der Waals surface area contributed by atoms with Gasteiger partial charge in [0.2, 0.25) is 8.32 Å². The molecule has 0 aliphatic carbocycles. The monoisotopic (exact) mass is 344 g/mol. The van der Waals surface area contributed by atoms with Gasteiger partial charge in [-0.2, -0.15) is 0 Å². The van der Waals surface area contributed by atoms with E-state index in [1.54, 1.807) is 0 Å². The Balaban J connectivity index is 2.68. The molecule has 0 fully saturated rings. The van der Waals surface area contributed by atoms with Crippen molar-refractivity contribution in [1.29, 1.82) is 0 Å². The molecule has 5 heteroatoms. The van der Waals surface area contributed by atoms with Gasteiger partial charge in [-0.25, -0.2) is 0 Å². The van der Waals surface area contributed by atoms with E-state index in [-0.39, 0.29) is 11.1 Å². The van der Waals surface area contributed by atoms with Gasteiger partial charge < -0.3 is 13.6 Å². The second kappa shape index (κ2) is 7.10. The molecule has 0 spiro atoms. The lowest BCUT2D eigenvalue weighted by atomic mass is 9.96. The van der Waals surface area contributed by atoms with Gasteiger partial charge in [-0.3, -0.25) is 0 Å². The van der Waals surface area contributed by atoms with Gasteiger partial charge in [0.25, 0.3) is 0 Å². The summed E-state index contributed by atoms with van der Waals surface area (Å²) in [7, 11) is -3.30. The summed E-state index contributed by atoms with van der Waals surface area (Å²) in [5, 5.41) is 0.254. The maximum Gasteiger partial charge on any atom is 0.241 e. The summed E-state index contributed by atoms with van der Waals surface area (Å²) in [5.41, 5.74) is 0. The lowest BCUT2D eigenvalue weighted by molar-refractivity contribution is 0.116. The molecular formula is C17H36O3Si2. The Kier molecular flexibility index (Phi) is 6.38. The molecule has 0 N–H and O–H groups in total. The van der Waals surface area contributed by atoms with Gasteiger partial charge in [0.05, 0.1) is 6.61 Å². The molecule has 0 amide bonds. The minimum atomic E-state index is -1.70. The van der Waals surface area contributed by atoms with E-state index in [2.05, 4.69) is 60.4 Å². The molecule has 1 heterocycles. The van der Waals surface area contributed by atoms with Gasteiger partial charge in [-0.1, -0.05) is 20.8 Å². The summed E-state index contributed by atoms with van der Waals surface area (Å²) in [4.78, 5) is 0. The van der Waals surface area contributed by atoms with E-state index in [4.69, 9.17) is 13.6 Å². The van der Waals surface area contributed by atoms with Crippen LogP contribution >= 0.6 is 0 Å². The summed E-state index contributed by atoms with van der Waals surface area (Å²) < 4.78 is 18.2. The first kappa shape index (κ1) is 19.8. The van der Waals surface area contributed by atoms with Crippen LogP contribution in [0.1, 0.15) is 40.5 Å². The predicted octanol–water partition coefficient (Wildman–Crippen LogP) is 5.52. The third kappa shape index (κ3) is 6.09. The number of hydrogen-bond acceptors (Lipinski definition) is 3. The van der Waals surface area contributed by atoms with Crippen LogP contribution in [0.3, 0.4) is 0 Å². The molecule has 0 aromatic rings. The Labute approximate surface area is 139 Å². The predicted molar refractivity (Wildman–Crippen MR) is 98.9 cm³/mol. The SMILES string of the molecule is C[C@@H](CC1CCOC=C1O[Si](C)(C)C)O[Si](C)(C)C(C)(C)C. The normalized spacial score (nSPS) is 21.9. The van der Waals surface area contributed by atoms with Crippen molar-refractivity contribution in [1.82, 2.24) is 0 Å². The van der Waals surface area contributed by atoms with Gasteiger partial charge in [-0.05, 0) is 57.5 Å². The molecule has 0 saturated carbocycles. The van der Waals surface area contributed by atoms with Crippen LogP contribution in [0, 0.1) is 5.92 Å². The highest BCUT2D eigenvalue weighted by molar-refractivity contribution is 6.74. The molecule has 1 unspecified atom stereocenters. The smallest absolute Gasteiger partial charge is 0.241 e. The molecule has 130 valence electrons. The van der Waals surface area contributed by atoms with E-state index >= 15 is 0 Å². The van der Waals surface area contributed by atoms with Crippen LogP contribution in [0.25, 0.3) is 0 Å². The third-order valence-electron chi connectivity index (χ3n) is 4.53. The number of rotatable bonds is 6. The lowest BCUT2D eigenvalue weighted by Crippen LogP contribution is -2.44. The van der Waals surface area contributed by atoms with Gasteiger partial charge in [-0.15, -0.1) is 0 Å². The fourth-order valence-electron chi connectivity index (χ4n) is 2.41. The van der Waals surface area contributed by atoms with Crippen LogP contribution < -0.4 is 0 Å². The molecule has 1 aliphatic rings. The van der Waals surface area contributed by atoms with Crippen molar-refractivity contribution in [3.8, 4) is 0 Å².